The number of amides is 2. The molecular formula is C32H24N2O6. The van der Waals surface area contributed by atoms with E-state index in [9.17, 15) is 30.0 Å². The van der Waals surface area contributed by atoms with Crippen LogP contribution in [-0.4, -0.2) is 32.2 Å². The van der Waals surface area contributed by atoms with Crippen molar-refractivity contribution >= 4 is 23.2 Å². The second kappa shape index (κ2) is 10.9. The molecule has 6 N–H and O–H groups in total. The Balaban J connectivity index is 1.23. The first kappa shape index (κ1) is 25.9. The van der Waals surface area contributed by atoms with Gasteiger partial charge in [0.1, 0.15) is 0 Å². The minimum Gasteiger partial charge on any atom is -0.504 e. The van der Waals surface area contributed by atoms with Crippen molar-refractivity contribution in [2.24, 2.45) is 0 Å². The summed E-state index contributed by atoms with van der Waals surface area (Å²) in [5.41, 5.74) is 4.87. The fourth-order valence-corrected chi connectivity index (χ4v) is 4.17. The van der Waals surface area contributed by atoms with Crippen LogP contribution >= 0.6 is 0 Å². The Bertz CT molecular complexity index is 1570. The van der Waals surface area contributed by atoms with Crippen molar-refractivity contribution in [1.82, 2.24) is 0 Å². The molecule has 2 amide bonds. The molecule has 0 aliphatic carbocycles. The Morgan fingerprint density at radius 3 is 1.05 bits per heavy atom. The minimum absolute atomic E-state index is 0.0224. The molecule has 0 saturated heterocycles. The first-order valence-electron chi connectivity index (χ1n) is 12.3. The molecule has 0 aromatic heterocycles. The Hall–Kier alpha value is -5.76. The number of hydrogen-bond donors (Lipinski definition) is 6. The lowest BCUT2D eigenvalue weighted by Gasteiger charge is -2.10. The highest BCUT2D eigenvalue weighted by Crippen LogP contribution is 2.31. The fourth-order valence-electron chi connectivity index (χ4n) is 4.17. The van der Waals surface area contributed by atoms with E-state index in [1.807, 2.05) is 48.5 Å². The van der Waals surface area contributed by atoms with Crippen LogP contribution in [0, 0.1) is 0 Å². The highest BCUT2D eigenvalue weighted by atomic mass is 16.3. The molecule has 0 spiro atoms. The first-order valence-corrected chi connectivity index (χ1v) is 12.3. The van der Waals surface area contributed by atoms with E-state index in [1.165, 1.54) is 36.4 Å². The van der Waals surface area contributed by atoms with Crippen LogP contribution in [0.15, 0.2) is 109 Å². The highest BCUT2D eigenvalue weighted by molar-refractivity contribution is 6.07. The molecule has 0 heterocycles. The van der Waals surface area contributed by atoms with Crippen LogP contribution in [0.25, 0.3) is 22.3 Å². The summed E-state index contributed by atoms with van der Waals surface area (Å²) in [6, 6.07) is 30.8. The Labute approximate surface area is 229 Å². The zero-order valence-electron chi connectivity index (χ0n) is 21.0. The summed E-state index contributed by atoms with van der Waals surface area (Å²) in [7, 11) is 0. The molecular weight excluding hydrogens is 508 g/mol. The standard InChI is InChI=1S/C32H24N2O6/c35-27-5-1-3-25(29(27)37)31(39)33-23-15-11-21(12-16-23)19-7-9-20(10-8-19)22-13-17-24(18-14-22)34-32(40)26-4-2-6-28(36)30(26)38/h1-18,35-38H,(H,33,39)(H,34,40). The average Bonchev–Trinajstić information content (AvgIpc) is 2.97. The molecule has 8 heteroatoms. The molecule has 0 aliphatic heterocycles. The fraction of sp³-hybridized carbons (Fsp3) is 0. The molecule has 0 saturated carbocycles. The van der Waals surface area contributed by atoms with Gasteiger partial charge in [0.05, 0.1) is 11.1 Å². The lowest BCUT2D eigenvalue weighted by atomic mass is 10.00. The molecule has 198 valence electrons. The molecule has 0 aliphatic rings. The number of para-hydroxylation sites is 2. The normalized spacial score (nSPS) is 10.6. The lowest BCUT2D eigenvalue weighted by Crippen LogP contribution is -2.11. The molecule has 0 fully saturated rings. The Morgan fingerprint density at radius 2 is 0.725 bits per heavy atom. The van der Waals surface area contributed by atoms with E-state index in [1.54, 1.807) is 24.3 Å². The van der Waals surface area contributed by atoms with Gasteiger partial charge in [0.25, 0.3) is 11.8 Å². The number of aromatic hydroxyl groups is 4. The van der Waals surface area contributed by atoms with Crippen LogP contribution in [0.4, 0.5) is 11.4 Å². The van der Waals surface area contributed by atoms with Gasteiger partial charge in [0.15, 0.2) is 23.0 Å². The van der Waals surface area contributed by atoms with Crippen LogP contribution in [0.5, 0.6) is 23.0 Å². The van der Waals surface area contributed by atoms with E-state index in [0.29, 0.717) is 11.4 Å². The number of nitrogens with one attached hydrogen (secondary N) is 2. The Kier molecular flexibility index (Phi) is 7.07. The molecule has 5 rings (SSSR count). The second-order valence-corrected chi connectivity index (χ2v) is 8.99. The monoisotopic (exact) mass is 532 g/mol. The van der Waals surface area contributed by atoms with E-state index in [2.05, 4.69) is 10.6 Å². The third-order valence-corrected chi connectivity index (χ3v) is 6.36. The molecule has 0 atom stereocenters. The van der Waals surface area contributed by atoms with Gasteiger partial charge in [0, 0.05) is 11.4 Å². The maximum Gasteiger partial charge on any atom is 0.259 e. The van der Waals surface area contributed by atoms with Crippen LogP contribution < -0.4 is 10.6 Å². The van der Waals surface area contributed by atoms with Gasteiger partial charge in [-0.05, 0) is 70.8 Å². The van der Waals surface area contributed by atoms with E-state index in [4.69, 9.17) is 0 Å². The summed E-state index contributed by atoms with van der Waals surface area (Å²) < 4.78 is 0. The van der Waals surface area contributed by atoms with Crippen molar-refractivity contribution in [2.45, 2.75) is 0 Å². The number of carbonyl (C=O) groups is 2. The third-order valence-electron chi connectivity index (χ3n) is 6.36. The maximum atomic E-state index is 12.5. The first-order chi connectivity index (χ1) is 19.3. The zero-order valence-corrected chi connectivity index (χ0v) is 21.0. The summed E-state index contributed by atoms with van der Waals surface area (Å²) in [6.45, 7) is 0. The second-order valence-electron chi connectivity index (χ2n) is 8.99. The third kappa shape index (κ3) is 5.41. The van der Waals surface area contributed by atoms with Crippen molar-refractivity contribution in [1.29, 1.82) is 0 Å². The topological polar surface area (TPSA) is 139 Å². The van der Waals surface area contributed by atoms with E-state index >= 15 is 0 Å². The molecule has 8 nitrogen and oxygen atoms in total. The number of anilines is 2. The largest absolute Gasteiger partial charge is 0.504 e. The highest BCUT2D eigenvalue weighted by Gasteiger charge is 2.15. The quantitative estimate of drug-likeness (QED) is 0.141. The number of phenolic OH excluding ortho intramolecular Hbond substituents is 4. The van der Waals surface area contributed by atoms with Crippen LogP contribution in [0.1, 0.15) is 20.7 Å². The van der Waals surface area contributed by atoms with Crippen molar-refractivity contribution in [3.63, 3.8) is 0 Å². The van der Waals surface area contributed by atoms with Crippen LogP contribution in [0.3, 0.4) is 0 Å². The van der Waals surface area contributed by atoms with Gasteiger partial charge < -0.3 is 31.1 Å². The zero-order chi connectivity index (χ0) is 28.2. The summed E-state index contributed by atoms with van der Waals surface area (Å²) in [4.78, 5) is 24.9. The summed E-state index contributed by atoms with van der Waals surface area (Å²) in [5.74, 6) is -2.72. The van der Waals surface area contributed by atoms with Gasteiger partial charge in [-0.15, -0.1) is 0 Å². The smallest absolute Gasteiger partial charge is 0.259 e. The number of phenols is 4. The van der Waals surface area contributed by atoms with Gasteiger partial charge >= 0.3 is 0 Å². The van der Waals surface area contributed by atoms with Gasteiger partial charge in [-0.3, -0.25) is 9.59 Å². The summed E-state index contributed by atoms with van der Waals surface area (Å²) >= 11 is 0. The molecule has 0 bridgehead atoms. The van der Waals surface area contributed by atoms with Gasteiger partial charge in [-0.25, -0.2) is 0 Å². The minimum atomic E-state index is -0.534. The number of benzene rings is 5. The van der Waals surface area contributed by atoms with Crippen molar-refractivity contribution in [3.05, 3.63) is 120 Å². The summed E-state index contributed by atoms with van der Waals surface area (Å²) in [5, 5.41) is 44.4. The number of carbonyl (C=O) groups excluding carboxylic acids is 2. The Morgan fingerprint density at radius 1 is 0.425 bits per heavy atom. The molecule has 5 aromatic rings. The van der Waals surface area contributed by atoms with E-state index < -0.39 is 23.3 Å². The average molecular weight is 533 g/mol. The van der Waals surface area contributed by atoms with E-state index in [-0.39, 0.29) is 22.6 Å². The molecule has 5 aromatic carbocycles. The SMILES string of the molecule is O=C(Nc1ccc(-c2ccc(-c3ccc(NC(=O)c4cccc(O)c4O)cc3)cc2)cc1)c1cccc(O)c1O. The number of hydrogen-bond acceptors (Lipinski definition) is 6. The van der Waals surface area contributed by atoms with Crippen molar-refractivity contribution in [3.8, 4) is 45.3 Å². The van der Waals surface area contributed by atoms with Crippen molar-refractivity contribution < 1.29 is 30.0 Å². The van der Waals surface area contributed by atoms with Gasteiger partial charge in [-0.2, -0.15) is 0 Å². The lowest BCUT2D eigenvalue weighted by molar-refractivity contribution is 0.101. The summed E-state index contributed by atoms with van der Waals surface area (Å²) in [6.07, 6.45) is 0. The molecule has 40 heavy (non-hydrogen) atoms. The number of rotatable bonds is 6. The molecule has 0 radical (unpaired) electrons. The predicted octanol–water partition coefficient (Wildman–Crippen LogP) is 6.35. The van der Waals surface area contributed by atoms with Crippen LogP contribution in [-0.2, 0) is 0 Å². The predicted molar refractivity (Wildman–Crippen MR) is 153 cm³/mol. The van der Waals surface area contributed by atoms with Gasteiger partial charge in [0.2, 0.25) is 0 Å². The van der Waals surface area contributed by atoms with E-state index in [0.717, 1.165) is 22.3 Å². The maximum absolute atomic E-state index is 12.5. The van der Waals surface area contributed by atoms with Crippen molar-refractivity contribution in [2.75, 3.05) is 10.6 Å². The van der Waals surface area contributed by atoms with Gasteiger partial charge in [-0.1, -0.05) is 60.7 Å². The van der Waals surface area contributed by atoms with Crippen LogP contribution in [0.2, 0.25) is 0 Å². The molecule has 0 unspecified atom stereocenters.